The molecule has 0 spiro atoms. The fourth-order valence-corrected chi connectivity index (χ4v) is 3.77. The number of fused-ring (bicyclic) bond motifs is 1. The fraction of sp³-hybridized carbons (Fsp3) is 0.273. The monoisotopic (exact) mass is 378 g/mol. The smallest absolute Gasteiger partial charge is 0.336 e. The standard InChI is InChI=1S/C22H22N2O4/c25-18-8-9-19-16(11-21(26)28-20(19)12-18)14-24-10-4-5-15(13-24)22(27)23-17-6-2-1-3-7-17/h1-3,6-9,11-12,15,25H,4-5,10,13-14H2,(H,23,27). The molecule has 0 aliphatic carbocycles. The summed E-state index contributed by atoms with van der Waals surface area (Å²) < 4.78 is 5.20. The van der Waals surface area contributed by atoms with Gasteiger partial charge in [0, 0.05) is 36.3 Å². The number of hydrogen-bond acceptors (Lipinski definition) is 5. The van der Waals surface area contributed by atoms with Crippen LogP contribution in [-0.2, 0) is 11.3 Å². The van der Waals surface area contributed by atoms with E-state index in [-0.39, 0.29) is 17.6 Å². The third kappa shape index (κ3) is 4.07. The number of rotatable bonds is 4. The van der Waals surface area contributed by atoms with Crippen molar-refractivity contribution in [2.24, 2.45) is 5.92 Å². The maximum atomic E-state index is 12.6. The van der Waals surface area contributed by atoms with Crippen LogP contribution < -0.4 is 10.9 Å². The Kier molecular flexibility index (Phi) is 5.12. The molecule has 0 saturated carbocycles. The van der Waals surface area contributed by atoms with E-state index in [4.69, 9.17) is 4.42 Å². The van der Waals surface area contributed by atoms with Gasteiger partial charge in [-0.15, -0.1) is 0 Å². The lowest BCUT2D eigenvalue weighted by Crippen LogP contribution is -2.40. The highest BCUT2D eigenvalue weighted by molar-refractivity contribution is 5.92. The van der Waals surface area contributed by atoms with E-state index in [0.29, 0.717) is 18.7 Å². The molecule has 6 nitrogen and oxygen atoms in total. The summed E-state index contributed by atoms with van der Waals surface area (Å²) >= 11 is 0. The van der Waals surface area contributed by atoms with E-state index >= 15 is 0 Å². The molecule has 0 radical (unpaired) electrons. The van der Waals surface area contributed by atoms with Crippen LogP contribution in [0.4, 0.5) is 5.69 Å². The largest absolute Gasteiger partial charge is 0.508 e. The highest BCUT2D eigenvalue weighted by atomic mass is 16.4. The molecular weight excluding hydrogens is 356 g/mol. The Balaban J connectivity index is 1.49. The summed E-state index contributed by atoms with van der Waals surface area (Å²) in [7, 11) is 0. The van der Waals surface area contributed by atoms with Gasteiger partial charge >= 0.3 is 5.63 Å². The molecular formula is C22H22N2O4. The van der Waals surface area contributed by atoms with Gasteiger partial charge in [0.25, 0.3) is 0 Å². The van der Waals surface area contributed by atoms with E-state index in [0.717, 1.165) is 36.0 Å². The lowest BCUT2D eigenvalue weighted by atomic mass is 9.96. The normalized spacial score (nSPS) is 17.5. The molecule has 2 aromatic carbocycles. The van der Waals surface area contributed by atoms with E-state index in [1.807, 2.05) is 30.3 Å². The van der Waals surface area contributed by atoms with E-state index in [1.165, 1.54) is 12.1 Å². The molecule has 4 rings (SSSR count). The highest BCUT2D eigenvalue weighted by Gasteiger charge is 2.26. The van der Waals surface area contributed by atoms with Crippen molar-refractivity contribution < 1.29 is 14.3 Å². The van der Waals surface area contributed by atoms with E-state index < -0.39 is 5.63 Å². The first kappa shape index (κ1) is 18.3. The molecule has 1 fully saturated rings. The number of anilines is 1. The first-order chi connectivity index (χ1) is 13.6. The number of hydrogen-bond donors (Lipinski definition) is 2. The van der Waals surface area contributed by atoms with Crippen LogP contribution in [0.15, 0.2) is 63.8 Å². The molecule has 1 aliphatic heterocycles. The molecule has 1 aliphatic rings. The van der Waals surface area contributed by atoms with Crippen LogP contribution in [0.25, 0.3) is 11.0 Å². The number of carbonyl (C=O) groups is 1. The number of benzene rings is 2. The molecule has 1 saturated heterocycles. The van der Waals surface area contributed by atoms with Gasteiger partial charge < -0.3 is 14.8 Å². The molecule has 6 heteroatoms. The van der Waals surface area contributed by atoms with E-state index in [1.54, 1.807) is 12.1 Å². The van der Waals surface area contributed by atoms with Crippen molar-refractivity contribution in [3.05, 3.63) is 70.6 Å². The summed E-state index contributed by atoms with van der Waals surface area (Å²) in [5.74, 6) is -0.00828. The number of carbonyl (C=O) groups excluding carboxylic acids is 1. The van der Waals surface area contributed by atoms with Gasteiger partial charge in [0.2, 0.25) is 5.91 Å². The summed E-state index contributed by atoms with van der Waals surface area (Å²) in [4.78, 5) is 26.7. The predicted molar refractivity (Wildman–Crippen MR) is 107 cm³/mol. The molecule has 1 aromatic heterocycles. The van der Waals surface area contributed by atoms with Crippen LogP contribution in [0.1, 0.15) is 18.4 Å². The Morgan fingerprint density at radius 3 is 2.82 bits per heavy atom. The van der Waals surface area contributed by atoms with E-state index in [2.05, 4.69) is 10.2 Å². The van der Waals surface area contributed by atoms with Crippen LogP contribution in [0, 0.1) is 5.92 Å². The minimum atomic E-state index is -0.441. The van der Waals surface area contributed by atoms with Gasteiger partial charge in [0.1, 0.15) is 11.3 Å². The summed E-state index contributed by atoms with van der Waals surface area (Å²) in [5, 5.41) is 13.4. The number of nitrogens with one attached hydrogen (secondary N) is 1. The average molecular weight is 378 g/mol. The lowest BCUT2D eigenvalue weighted by molar-refractivity contribution is -0.121. The average Bonchev–Trinajstić information content (AvgIpc) is 2.68. The van der Waals surface area contributed by atoms with E-state index in [9.17, 15) is 14.7 Å². The summed E-state index contributed by atoms with van der Waals surface area (Å²) in [6.45, 7) is 2.06. The Bertz CT molecular complexity index is 1050. The van der Waals surface area contributed by atoms with Crippen LogP contribution in [0.3, 0.4) is 0 Å². The molecule has 1 unspecified atom stereocenters. The van der Waals surface area contributed by atoms with Crippen molar-refractivity contribution in [2.75, 3.05) is 18.4 Å². The van der Waals surface area contributed by atoms with Crippen molar-refractivity contribution in [1.29, 1.82) is 0 Å². The number of phenolic OH excluding ortho intramolecular Hbond substituents is 1. The minimum absolute atomic E-state index is 0.0262. The van der Waals surface area contributed by atoms with Crippen molar-refractivity contribution >= 4 is 22.6 Å². The van der Waals surface area contributed by atoms with Gasteiger partial charge in [-0.1, -0.05) is 18.2 Å². The first-order valence-electron chi connectivity index (χ1n) is 9.42. The maximum Gasteiger partial charge on any atom is 0.336 e. The van der Waals surface area contributed by atoms with Crippen molar-refractivity contribution in [3.8, 4) is 5.75 Å². The summed E-state index contributed by atoms with van der Waals surface area (Å²) in [6, 6.07) is 15.7. The quantitative estimate of drug-likeness (QED) is 0.681. The molecule has 2 heterocycles. The van der Waals surface area contributed by atoms with Crippen molar-refractivity contribution in [3.63, 3.8) is 0 Å². The van der Waals surface area contributed by atoms with Gasteiger partial charge in [-0.05, 0) is 49.2 Å². The number of likely N-dealkylation sites (tertiary alicyclic amines) is 1. The minimum Gasteiger partial charge on any atom is -0.508 e. The Hall–Kier alpha value is -3.12. The number of piperidine rings is 1. The Morgan fingerprint density at radius 1 is 1.18 bits per heavy atom. The third-order valence-corrected chi connectivity index (χ3v) is 5.13. The third-order valence-electron chi connectivity index (χ3n) is 5.13. The molecule has 1 atom stereocenters. The molecule has 28 heavy (non-hydrogen) atoms. The van der Waals surface area contributed by atoms with Crippen molar-refractivity contribution in [1.82, 2.24) is 4.90 Å². The number of para-hydroxylation sites is 1. The lowest BCUT2D eigenvalue weighted by Gasteiger charge is -2.32. The maximum absolute atomic E-state index is 12.6. The first-order valence-corrected chi connectivity index (χ1v) is 9.42. The van der Waals surface area contributed by atoms with Crippen molar-refractivity contribution in [2.45, 2.75) is 19.4 Å². The number of aromatic hydroxyl groups is 1. The second-order valence-electron chi connectivity index (χ2n) is 7.20. The predicted octanol–water partition coefficient (Wildman–Crippen LogP) is 3.35. The molecule has 1 amide bonds. The van der Waals surface area contributed by atoms with Gasteiger partial charge in [0.15, 0.2) is 0 Å². The fourth-order valence-electron chi connectivity index (χ4n) is 3.77. The molecule has 2 N–H and O–H groups in total. The van der Waals surface area contributed by atoms with Gasteiger partial charge in [-0.3, -0.25) is 9.69 Å². The van der Waals surface area contributed by atoms with Gasteiger partial charge in [0.05, 0.1) is 5.92 Å². The van der Waals surface area contributed by atoms with Crippen LogP contribution >= 0.6 is 0 Å². The number of phenols is 1. The van der Waals surface area contributed by atoms with Gasteiger partial charge in [-0.2, -0.15) is 0 Å². The SMILES string of the molecule is O=C(Nc1ccccc1)C1CCCN(Cc2cc(=O)oc3cc(O)ccc23)C1. The van der Waals surface area contributed by atoms with Crippen LogP contribution in [0.2, 0.25) is 0 Å². The number of amides is 1. The molecule has 144 valence electrons. The second-order valence-corrected chi connectivity index (χ2v) is 7.20. The Morgan fingerprint density at radius 2 is 2.00 bits per heavy atom. The summed E-state index contributed by atoms with van der Waals surface area (Å²) in [6.07, 6.45) is 1.77. The topological polar surface area (TPSA) is 82.8 Å². The number of nitrogens with zero attached hydrogens (tertiary/aromatic N) is 1. The Labute approximate surface area is 162 Å². The zero-order valence-corrected chi connectivity index (χ0v) is 15.4. The second kappa shape index (κ2) is 7.86. The molecule has 0 bridgehead atoms. The van der Waals surface area contributed by atoms with Gasteiger partial charge in [-0.25, -0.2) is 4.79 Å². The molecule has 3 aromatic rings. The van der Waals surface area contributed by atoms with Crippen LogP contribution in [0.5, 0.6) is 5.75 Å². The zero-order valence-electron chi connectivity index (χ0n) is 15.4. The summed E-state index contributed by atoms with van der Waals surface area (Å²) in [5.41, 5.74) is 1.58. The highest BCUT2D eigenvalue weighted by Crippen LogP contribution is 2.25. The zero-order chi connectivity index (χ0) is 19.5. The van der Waals surface area contributed by atoms with Crippen LogP contribution in [-0.4, -0.2) is 29.0 Å².